The monoisotopic (exact) mass is 253 g/mol. The van der Waals surface area contributed by atoms with E-state index in [0.717, 1.165) is 11.2 Å². The van der Waals surface area contributed by atoms with Crippen molar-refractivity contribution >= 4 is 22.6 Å². The summed E-state index contributed by atoms with van der Waals surface area (Å²) in [5.74, 6) is 0.197. The van der Waals surface area contributed by atoms with Crippen LogP contribution in [0.5, 0.6) is 0 Å². The number of aromatic amines is 1. The summed E-state index contributed by atoms with van der Waals surface area (Å²) in [5.41, 5.74) is 1.93. The van der Waals surface area contributed by atoms with Gasteiger partial charge in [0.15, 0.2) is 5.69 Å². The molecule has 0 spiro atoms. The Morgan fingerprint density at radius 3 is 3.05 bits per heavy atom. The molecule has 0 aliphatic heterocycles. The minimum absolute atomic E-state index is 0.308. The molecule has 2 N–H and O–H groups in total. The van der Waals surface area contributed by atoms with Crippen LogP contribution in [0.1, 0.15) is 16.2 Å². The highest BCUT2D eigenvalue weighted by Gasteiger charge is 2.14. The molecule has 0 aliphatic carbocycles. The normalized spacial score (nSPS) is 10.6. The summed E-state index contributed by atoms with van der Waals surface area (Å²) in [6.07, 6.45) is 3.25. The first-order valence-electron chi connectivity index (χ1n) is 5.77. The van der Waals surface area contributed by atoms with Crippen LogP contribution >= 0.6 is 0 Å². The number of carbonyl (C=O) groups is 1. The van der Waals surface area contributed by atoms with Crippen molar-refractivity contribution in [3.05, 3.63) is 48.0 Å². The van der Waals surface area contributed by atoms with Crippen LogP contribution in [0.15, 0.2) is 36.7 Å². The highest BCUT2D eigenvalue weighted by atomic mass is 16.2. The summed E-state index contributed by atoms with van der Waals surface area (Å²) in [6.45, 7) is 1.86. The topological polar surface area (TPSA) is 83.6 Å². The van der Waals surface area contributed by atoms with Gasteiger partial charge in [-0.15, -0.1) is 0 Å². The Balaban J connectivity index is 1.92. The van der Waals surface area contributed by atoms with Gasteiger partial charge >= 0.3 is 0 Å². The van der Waals surface area contributed by atoms with Crippen molar-refractivity contribution in [3.8, 4) is 0 Å². The summed E-state index contributed by atoms with van der Waals surface area (Å²) < 4.78 is 0. The van der Waals surface area contributed by atoms with Crippen LogP contribution in [-0.2, 0) is 0 Å². The van der Waals surface area contributed by atoms with Gasteiger partial charge in [-0.2, -0.15) is 5.10 Å². The van der Waals surface area contributed by atoms with Crippen LogP contribution in [-0.4, -0.2) is 26.1 Å². The number of hydrogen-bond acceptors (Lipinski definition) is 4. The van der Waals surface area contributed by atoms with E-state index in [1.807, 2.05) is 19.1 Å². The zero-order valence-electron chi connectivity index (χ0n) is 10.2. The molecule has 0 fully saturated rings. The van der Waals surface area contributed by atoms with Crippen LogP contribution in [0, 0.1) is 6.92 Å². The van der Waals surface area contributed by atoms with E-state index in [9.17, 15) is 4.79 Å². The van der Waals surface area contributed by atoms with Crippen molar-refractivity contribution in [2.24, 2.45) is 0 Å². The maximum atomic E-state index is 12.1. The number of aromatic nitrogens is 4. The fourth-order valence-electron chi connectivity index (χ4n) is 1.82. The summed E-state index contributed by atoms with van der Waals surface area (Å²) in [5, 5.41) is 10.2. The van der Waals surface area contributed by atoms with Gasteiger partial charge < -0.3 is 5.32 Å². The third-order valence-corrected chi connectivity index (χ3v) is 2.71. The summed E-state index contributed by atoms with van der Waals surface area (Å²) in [6, 6.07) is 7.20. The molecule has 1 amide bonds. The number of carbonyl (C=O) groups excluding carboxylic acids is 1. The molecule has 0 aromatic carbocycles. The Bertz CT molecular complexity index is 749. The quantitative estimate of drug-likeness (QED) is 0.730. The van der Waals surface area contributed by atoms with Crippen molar-refractivity contribution in [2.75, 3.05) is 5.32 Å². The second-order valence-electron chi connectivity index (χ2n) is 4.11. The molecule has 0 radical (unpaired) electrons. The first kappa shape index (κ1) is 11.3. The molecule has 0 bridgehead atoms. The van der Waals surface area contributed by atoms with Gasteiger partial charge in [0.2, 0.25) is 0 Å². The Morgan fingerprint density at radius 1 is 1.32 bits per heavy atom. The lowest BCUT2D eigenvalue weighted by atomic mass is 10.2. The van der Waals surface area contributed by atoms with Gasteiger partial charge in [-0.25, -0.2) is 4.98 Å². The maximum Gasteiger partial charge on any atom is 0.278 e. The minimum atomic E-state index is -0.308. The number of pyridine rings is 2. The number of nitrogens with one attached hydrogen (secondary N) is 2. The molecule has 6 heteroatoms. The SMILES string of the molecule is Cc1cccc(NC(=O)c2n[nH]c3ccncc23)n1. The van der Waals surface area contributed by atoms with Gasteiger partial charge in [0, 0.05) is 18.1 Å². The molecule has 94 valence electrons. The van der Waals surface area contributed by atoms with E-state index in [1.165, 1.54) is 0 Å². The highest BCUT2D eigenvalue weighted by molar-refractivity contribution is 6.10. The number of rotatable bonds is 2. The first-order chi connectivity index (χ1) is 9.24. The smallest absolute Gasteiger partial charge is 0.278 e. The first-order valence-corrected chi connectivity index (χ1v) is 5.77. The molecule has 3 aromatic rings. The molecule has 3 rings (SSSR count). The maximum absolute atomic E-state index is 12.1. The Kier molecular flexibility index (Phi) is 2.68. The molecule has 3 heterocycles. The van der Waals surface area contributed by atoms with Crippen LogP contribution in [0.25, 0.3) is 10.9 Å². The van der Waals surface area contributed by atoms with Gasteiger partial charge in [0.25, 0.3) is 5.91 Å². The third kappa shape index (κ3) is 2.15. The molecule has 3 aromatic heterocycles. The van der Waals surface area contributed by atoms with E-state index in [4.69, 9.17) is 0 Å². The molecular formula is C13H11N5O. The average Bonchev–Trinajstić information content (AvgIpc) is 2.82. The number of fused-ring (bicyclic) bond motifs is 1. The van der Waals surface area contributed by atoms with Gasteiger partial charge in [-0.3, -0.25) is 14.9 Å². The molecule has 0 saturated heterocycles. The third-order valence-electron chi connectivity index (χ3n) is 2.71. The average molecular weight is 253 g/mol. The number of aryl methyl sites for hydroxylation is 1. The van der Waals surface area contributed by atoms with E-state index in [-0.39, 0.29) is 5.91 Å². The predicted molar refractivity (Wildman–Crippen MR) is 70.8 cm³/mol. The molecule has 19 heavy (non-hydrogen) atoms. The predicted octanol–water partition coefficient (Wildman–Crippen LogP) is 1.91. The molecule has 6 nitrogen and oxygen atoms in total. The Morgan fingerprint density at radius 2 is 2.21 bits per heavy atom. The second kappa shape index (κ2) is 4.49. The number of amides is 1. The van der Waals surface area contributed by atoms with E-state index in [0.29, 0.717) is 16.9 Å². The summed E-state index contributed by atoms with van der Waals surface area (Å²) in [4.78, 5) is 20.4. The second-order valence-corrected chi connectivity index (χ2v) is 4.11. The number of hydrogen-bond donors (Lipinski definition) is 2. The number of anilines is 1. The summed E-state index contributed by atoms with van der Waals surface area (Å²) >= 11 is 0. The summed E-state index contributed by atoms with van der Waals surface area (Å²) in [7, 11) is 0. The molecular weight excluding hydrogens is 242 g/mol. The van der Waals surface area contributed by atoms with Crippen LogP contribution in [0.2, 0.25) is 0 Å². The molecule has 0 atom stereocenters. The van der Waals surface area contributed by atoms with Gasteiger partial charge in [0.1, 0.15) is 5.82 Å². The van der Waals surface area contributed by atoms with Crippen molar-refractivity contribution < 1.29 is 4.79 Å². The van der Waals surface area contributed by atoms with E-state index in [2.05, 4.69) is 25.5 Å². The van der Waals surface area contributed by atoms with Crippen LogP contribution in [0.3, 0.4) is 0 Å². The Labute approximate surface area is 108 Å². The van der Waals surface area contributed by atoms with Crippen LogP contribution < -0.4 is 5.32 Å². The van der Waals surface area contributed by atoms with Crippen molar-refractivity contribution in [3.63, 3.8) is 0 Å². The largest absolute Gasteiger partial charge is 0.305 e. The van der Waals surface area contributed by atoms with Crippen molar-refractivity contribution in [1.29, 1.82) is 0 Å². The van der Waals surface area contributed by atoms with Crippen LogP contribution in [0.4, 0.5) is 5.82 Å². The van der Waals surface area contributed by atoms with Gasteiger partial charge in [0.05, 0.1) is 10.9 Å². The van der Waals surface area contributed by atoms with Gasteiger partial charge in [-0.05, 0) is 25.1 Å². The minimum Gasteiger partial charge on any atom is -0.305 e. The van der Waals surface area contributed by atoms with E-state index < -0.39 is 0 Å². The fourth-order valence-corrected chi connectivity index (χ4v) is 1.82. The standard InChI is InChI=1S/C13H11N5O/c1-8-3-2-4-11(15-8)16-13(19)12-9-7-14-6-5-10(9)17-18-12/h2-7H,1H3,(H,17,18)(H,15,16,19). The number of nitrogens with zero attached hydrogens (tertiary/aromatic N) is 3. The lowest BCUT2D eigenvalue weighted by molar-refractivity contribution is 0.102. The van der Waals surface area contributed by atoms with E-state index >= 15 is 0 Å². The Hall–Kier alpha value is -2.76. The van der Waals surface area contributed by atoms with E-state index in [1.54, 1.807) is 24.5 Å². The lowest BCUT2D eigenvalue weighted by Gasteiger charge is -2.03. The highest BCUT2D eigenvalue weighted by Crippen LogP contribution is 2.15. The van der Waals surface area contributed by atoms with Crippen molar-refractivity contribution in [1.82, 2.24) is 20.2 Å². The molecule has 0 unspecified atom stereocenters. The van der Waals surface area contributed by atoms with Crippen molar-refractivity contribution in [2.45, 2.75) is 6.92 Å². The lowest BCUT2D eigenvalue weighted by Crippen LogP contribution is -2.14. The molecule has 0 saturated carbocycles. The fraction of sp³-hybridized carbons (Fsp3) is 0.0769. The zero-order valence-corrected chi connectivity index (χ0v) is 10.2. The van der Waals surface area contributed by atoms with Gasteiger partial charge in [-0.1, -0.05) is 6.07 Å². The molecule has 0 aliphatic rings. The zero-order chi connectivity index (χ0) is 13.2. The number of H-pyrrole nitrogens is 1.